The highest BCUT2D eigenvalue weighted by molar-refractivity contribution is 7.15. The van der Waals surface area contributed by atoms with Crippen LogP contribution in [0.5, 0.6) is 11.5 Å². The van der Waals surface area contributed by atoms with Crippen molar-refractivity contribution in [3.05, 3.63) is 161 Å². The van der Waals surface area contributed by atoms with Gasteiger partial charge in [0.25, 0.3) is 11.8 Å². The smallest absolute Gasteiger partial charge is 0.272 e. The van der Waals surface area contributed by atoms with E-state index in [4.69, 9.17) is 14.2 Å². The molecule has 0 bridgehead atoms. The van der Waals surface area contributed by atoms with Gasteiger partial charge in [-0.25, -0.2) is 17.6 Å². The fourth-order valence-electron chi connectivity index (χ4n) is 8.27. The highest BCUT2D eigenvalue weighted by Crippen LogP contribution is 2.35. The van der Waals surface area contributed by atoms with Crippen LogP contribution in [0, 0.1) is 23.3 Å². The molecule has 4 aliphatic rings. The number of ether oxygens (including phenoxy) is 3. The number of hydrogen-bond donors (Lipinski definition) is 3. The van der Waals surface area contributed by atoms with Crippen LogP contribution in [0.3, 0.4) is 0 Å². The molecular weight excluding hydrogens is 921 g/mol. The van der Waals surface area contributed by atoms with Crippen LogP contribution in [0.1, 0.15) is 59.8 Å². The second-order valence-electron chi connectivity index (χ2n) is 15.9. The van der Waals surface area contributed by atoms with Crippen LogP contribution in [0.15, 0.2) is 88.7 Å². The summed E-state index contributed by atoms with van der Waals surface area (Å²) < 4.78 is 74.7. The van der Waals surface area contributed by atoms with Crippen LogP contribution >= 0.6 is 22.7 Å². The van der Waals surface area contributed by atoms with Crippen molar-refractivity contribution >= 4 is 34.5 Å². The minimum Gasteiger partial charge on any atom is -0.503 e. The topological polar surface area (TPSA) is 202 Å². The van der Waals surface area contributed by atoms with Crippen molar-refractivity contribution in [2.75, 3.05) is 26.4 Å². The van der Waals surface area contributed by atoms with Gasteiger partial charge in [0.05, 0.1) is 61.7 Å². The molecule has 22 heteroatoms. The molecule has 11 rings (SSSR count). The molecule has 8 heterocycles. The first-order valence-corrected chi connectivity index (χ1v) is 22.3. The summed E-state index contributed by atoms with van der Waals surface area (Å²) in [6, 6.07) is 15.0. The normalized spacial score (nSPS) is 19.0. The van der Waals surface area contributed by atoms with Gasteiger partial charge >= 0.3 is 0 Å². The molecule has 0 spiro atoms. The lowest BCUT2D eigenvalue weighted by Gasteiger charge is -2.31. The average Bonchev–Trinajstić information content (AvgIpc) is 4.16. The Bertz CT molecular complexity index is 3220. The predicted molar refractivity (Wildman–Crippen MR) is 232 cm³/mol. The Balaban J connectivity index is 0.000000160. The van der Waals surface area contributed by atoms with Gasteiger partial charge in [0, 0.05) is 37.4 Å². The summed E-state index contributed by atoms with van der Waals surface area (Å²) in [6.45, 7) is 1.48. The van der Waals surface area contributed by atoms with E-state index >= 15 is 0 Å². The van der Waals surface area contributed by atoms with Gasteiger partial charge in [0.2, 0.25) is 10.9 Å². The van der Waals surface area contributed by atoms with Gasteiger partial charge in [0.15, 0.2) is 32.9 Å². The first-order valence-electron chi connectivity index (χ1n) is 20.6. The molecule has 2 unspecified atom stereocenters. The monoisotopic (exact) mass is 954 g/mol. The maximum absolute atomic E-state index is 14.2. The number of hydrogen-bond acceptors (Lipinski definition) is 14. The predicted octanol–water partition coefficient (Wildman–Crippen LogP) is 5.12. The molecule has 4 aromatic heterocycles. The maximum atomic E-state index is 14.2. The lowest BCUT2D eigenvalue weighted by atomic mass is 10.0. The summed E-state index contributed by atoms with van der Waals surface area (Å²) in [5, 5.41) is 33.7. The van der Waals surface area contributed by atoms with Gasteiger partial charge in [-0.1, -0.05) is 65.1 Å². The third kappa shape index (κ3) is 8.47. The van der Waals surface area contributed by atoms with Crippen LogP contribution < -0.4 is 26.2 Å². The van der Waals surface area contributed by atoms with E-state index in [-0.39, 0.29) is 88.0 Å². The summed E-state index contributed by atoms with van der Waals surface area (Å²) in [5.74, 6) is -4.43. The van der Waals surface area contributed by atoms with Crippen molar-refractivity contribution in [3.8, 4) is 32.6 Å². The van der Waals surface area contributed by atoms with Crippen molar-refractivity contribution in [2.45, 2.75) is 43.6 Å². The largest absolute Gasteiger partial charge is 0.503 e. The fraction of sp³-hybridized carbons (Fsp3) is 0.244. The van der Waals surface area contributed by atoms with Crippen molar-refractivity contribution < 1.29 is 46.5 Å². The lowest BCUT2D eigenvalue weighted by molar-refractivity contribution is 0.0876. The van der Waals surface area contributed by atoms with Crippen LogP contribution in [0.25, 0.3) is 21.1 Å². The fourth-order valence-corrected chi connectivity index (χ4v) is 10.0. The average molecular weight is 955 g/mol. The van der Waals surface area contributed by atoms with E-state index in [0.717, 1.165) is 46.4 Å². The molecule has 0 radical (unpaired) electrons. The Hall–Kier alpha value is -7.14. The third-order valence-electron chi connectivity index (χ3n) is 11.6. The van der Waals surface area contributed by atoms with E-state index < -0.39 is 51.7 Å². The molecule has 16 nitrogen and oxygen atoms in total. The van der Waals surface area contributed by atoms with Crippen LogP contribution in [0.2, 0.25) is 0 Å². The molecule has 7 aromatic rings. The van der Waals surface area contributed by atoms with Gasteiger partial charge in [-0.2, -0.15) is 0 Å². The zero-order chi connectivity index (χ0) is 46.5. The number of nitrogens with one attached hydrogen (secondary N) is 2. The van der Waals surface area contributed by atoms with Gasteiger partial charge in [-0.3, -0.25) is 19.2 Å². The van der Waals surface area contributed by atoms with Crippen LogP contribution in [-0.2, 0) is 28.9 Å². The molecule has 4 aliphatic heterocycles. The number of carbonyl (C=O) groups excluding carboxylic acids is 2. The Kier molecular flexibility index (Phi) is 11.7. The zero-order valence-electron chi connectivity index (χ0n) is 34.6. The van der Waals surface area contributed by atoms with E-state index in [1.165, 1.54) is 24.4 Å². The molecule has 4 atom stereocenters. The summed E-state index contributed by atoms with van der Waals surface area (Å²) >= 11 is 2.18. The summed E-state index contributed by atoms with van der Waals surface area (Å²) in [7, 11) is 0. The SMILES string of the molecule is O=C1N[C@@H]2COCC2n2cc(-c3nnc(Cc4ccc(F)cc4F)s3)c(=O)c(O)c21.O=C1N[C@@H]2COCC2n2cc(-c3nnc(Cc4ccc(F)cc4F)s3)c(=O)c(OCc3ccccc3)c21. The summed E-state index contributed by atoms with van der Waals surface area (Å²) in [4.78, 5) is 51.7. The molecule has 3 N–H and O–H groups in total. The van der Waals surface area contributed by atoms with E-state index in [0.29, 0.717) is 41.5 Å². The third-order valence-corrected chi connectivity index (χ3v) is 13.5. The van der Waals surface area contributed by atoms with Gasteiger partial charge in [-0.05, 0) is 28.8 Å². The lowest BCUT2D eigenvalue weighted by Crippen LogP contribution is -2.48. The van der Waals surface area contributed by atoms with E-state index in [9.17, 15) is 41.8 Å². The number of pyridine rings is 2. The maximum Gasteiger partial charge on any atom is 0.272 e. The van der Waals surface area contributed by atoms with Crippen molar-refractivity contribution in [1.82, 2.24) is 40.2 Å². The Morgan fingerprint density at radius 3 is 1.70 bits per heavy atom. The summed E-state index contributed by atoms with van der Waals surface area (Å²) in [6.07, 6.45) is 3.24. The number of benzene rings is 3. The molecule has 0 aliphatic carbocycles. The quantitative estimate of drug-likeness (QED) is 0.162. The second kappa shape index (κ2) is 17.9. The van der Waals surface area contributed by atoms with E-state index in [1.54, 1.807) is 15.3 Å². The number of aromatic hydroxyl groups is 1. The second-order valence-corrected chi connectivity index (χ2v) is 18.0. The minimum atomic E-state index is -0.746. The number of halogens is 4. The molecule has 2 amide bonds. The number of amides is 2. The molecule has 67 heavy (non-hydrogen) atoms. The van der Waals surface area contributed by atoms with Crippen molar-refractivity contribution in [1.29, 1.82) is 0 Å². The van der Waals surface area contributed by atoms with Gasteiger partial charge in [-0.15, -0.1) is 20.4 Å². The zero-order valence-corrected chi connectivity index (χ0v) is 36.2. The number of rotatable bonds is 9. The number of fused-ring (bicyclic) bond motifs is 6. The molecular formula is C45H34F4N8O8S2. The van der Waals surface area contributed by atoms with Crippen molar-refractivity contribution in [3.63, 3.8) is 0 Å². The van der Waals surface area contributed by atoms with E-state index in [1.807, 2.05) is 30.3 Å². The van der Waals surface area contributed by atoms with E-state index in [2.05, 4.69) is 31.0 Å². The van der Waals surface area contributed by atoms with Gasteiger partial charge in [0.1, 0.15) is 39.9 Å². The molecule has 0 saturated carbocycles. The Morgan fingerprint density at radius 2 is 1.16 bits per heavy atom. The highest BCUT2D eigenvalue weighted by Gasteiger charge is 2.42. The van der Waals surface area contributed by atoms with Crippen molar-refractivity contribution in [2.24, 2.45) is 0 Å². The standard InChI is InChI=1S/C26H20F2N4O4S.C19H14F2N4O4S/c27-16-7-6-15(18(28)9-16)8-21-30-31-26(37-21)17-10-32-20-13-35-12-19(20)29-25(34)22(32)24(23(17)33)36-11-14-4-2-1-3-5-14;20-9-2-1-8(11(21)4-9)3-14-23-24-19(30-14)10-5-25-13-7-29-6-12(13)22-18(28)15(25)17(27)16(10)26/h1-7,9-10,19-20H,8,11-13H2,(H,29,34);1-2,4-5,12-13,27H,3,6-7H2,(H,22,28)/t19-,20?;12-,13?/m11/s1. The molecule has 2 saturated heterocycles. The number of carbonyl (C=O) groups is 2. The van der Waals surface area contributed by atoms with Crippen LogP contribution in [0.4, 0.5) is 17.6 Å². The summed E-state index contributed by atoms with van der Waals surface area (Å²) in [5.41, 5.74) is 0.421. The Labute approximate surface area is 383 Å². The first kappa shape index (κ1) is 43.7. The molecule has 3 aromatic carbocycles. The molecule has 342 valence electrons. The molecule has 2 fully saturated rings. The Morgan fingerprint density at radius 1 is 0.657 bits per heavy atom. The number of aromatic nitrogens is 6. The highest BCUT2D eigenvalue weighted by atomic mass is 32.1. The van der Waals surface area contributed by atoms with Gasteiger partial charge < -0.3 is 39.1 Å². The first-order chi connectivity index (χ1) is 32.4. The van der Waals surface area contributed by atoms with Crippen LogP contribution in [-0.4, -0.2) is 85.0 Å². The number of nitrogens with zero attached hydrogens (tertiary/aromatic N) is 6. The minimum absolute atomic E-state index is 0.0724.